The molecule has 7 nitrogen and oxygen atoms in total. The summed E-state index contributed by atoms with van der Waals surface area (Å²) < 4.78 is 1.98. The van der Waals surface area contributed by atoms with Crippen molar-refractivity contribution in [1.29, 1.82) is 0 Å². The van der Waals surface area contributed by atoms with Gasteiger partial charge in [0.1, 0.15) is 0 Å². The van der Waals surface area contributed by atoms with E-state index in [-0.39, 0.29) is 23.6 Å². The summed E-state index contributed by atoms with van der Waals surface area (Å²) in [7, 11) is 0. The second-order valence-corrected chi connectivity index (χ2v) is 9.85. The van der Waals surface area contributed by atoms with Crippen LogP contribution in [0, 0.1) is 13.8 Å². The number of nitrogens with one attached hydrogen (secondary N) is 2. The highest BCUT2D eigenvalue weighted by atomic mass is 32.2. The summed E-state index contributed by atoms with van der Waals surface area (Å²) in [5, 5.41) is 15.4. The van der Waals surface area contributed by atoms with E-state index in [9.17, 15) is 9.59 Å². The number of hydrogen-bond acceptors (Lipinski definition) is 5. The molecule has 0 bridgehead atoms. The van der Waals surface area contributed by atoms with E-state index in [1.165, 1.54) is 17.3 Å². The molecule has 1 aliphatic rings. The standard InChI is InChI=1S/C28H27N5O2S/c1-18-12-15-22(16-19(18)2)33-26(20-8-4-3-5-9-20)31-32-28(33)36-17-25(34)30-24-11-7-6-10-23(24)27(35)29-21-13-14-21/h3-12,15-16,21H,13-14,17H2,1-2H3,(H,29,35)(H,30,34). The van der Waals surface area contributed by atoms with Crippen LogP contribution in [-0.2, 0) is 4.79 Å². The number of amides is 2. The Hall–Kier alpha value is -3.91. The van der Waals surface area contributed by atoms with Crippen molar-refractivity contribution >= 4 is 29.3 Å². The predicted octanol–water partition coefficient (Wildman–Crippen LogP) is 5.17. The molecule has 2 N–H and O–H groups in total. The molecule has 2 amide bonds. The lowest BCUT2D eigenvalue weighted by molar-refractivity contribution is -0.113. The second-order valence-electron chi connectivity index (χ2n) is 8.91. The van der Waals surface area contributed by atoms with Gasteiger partial charge in [-0.25, -0.2) is 0 Å². The summed E-state index contributed by atoms with van der Waals surface area (Å²) in [6, 6.07) is 23.4. The Morgan fingerprint density at radius 3 is 2.44 bits per heavy atom. The Bertz CT molecular complexity index is 1410. The lowest BCUT2D eigenvalue weighted by Crippen LogP contribution is -2.27. The second kappa shape index (κ2) is 10.4. The van der Waals surface area contributed by atoms with Crippen molar-refractivity contribution < 1.29 is 9.59 Å². The number of benzene rings is 3. The van der Waals surface area contributed by atoms with Crippen LogP contribution in [0.2, 0.25) is 0 Å². The third-order valence-electron chi connectivity index (χ3n) is 6.10. The van der Waals surface area contributed by atoms with Crippen molar-refractivity contribution in [3.05, 3.63) is 89.5 Å². The third kappa shape index (κ3) is 5.33. The Morgan fingerprint density at radius 2 is 1.69 bits per heavy atom. The van der Waals surface area contributed by atoms with Gasteiger partial charge in [0, 0.05) is 11.6 Å². The highest BCUT2D eigenvalue weighted by Crippen LogP contribution is 2.29. The summed E-state index contributed by atoms with van der Waals surface area (Å²) in [4.78, 5) is 25.5. The molecule has 4 aromatic rings. The van der Waals surface area contributed by atoms with Crippen molar-refractivity contribution in [3.8, 4) is 17.1 Å². The summed E-state index contributed by atoms with van der Waals surface area (Å²) in [5.74, 6) is 0.450. The first-order valence-corrected chi connectivity index (χ1v) is 12.9. The maximum atomic E-state index is 12.9. The number of carbonyl (C=O) groups is 2. The van der Waals surface area contributed by atoms with Gasteiger partial charge in [-0.2, -0.15) is 0 Å². The molecule has 1 heterocycles. The van der Waals surface area contributed by atoms with Crippen LogP contribution in [0.4, 0.5) is 5.69 Å². The minimum Gasteiger partial charge on any atom is -0.349 e. The zero-order chi connectivity index (χ0) is 25.1. The smallest absolute Gasteiger partial charge is 0.253 e. The molecular formula is C28H27N5O2S. The van der Waals surface area contributed by atoms with Gasteiger partial charge in [-0.15, -0.1) is 10.2 Å². The van der Waals surface area contributed by atoms with E-state index in [0.717, 1.165) is 29.7 Å². The molecule has 0 spiro atoms. The lowest BCUT2D eigenvalue weighted by Gasteiger charge is -2.13. The Balaban J connectivity index is 1.37. The van der Waals surface area contributed by atoms with Crippen molar-refractivity contribution in [3.63, 3.8) is 0 Å². The topological polar surface area (TPSA) is 88.9 Å². The van der Waals surface area contributed by atoms with Gasteiger partial charge in [0.05, 0.1) is 22.7 Å². The normalized spacial score (nSPS) is 12.8. The van der Waals surface area contributed by atoms with E-state index in [1.54, 1.807) is 24.3 Å². The SMILES string of the molecule is Cc1ccc(-n2c(SCC(=O)Nc3ccccc3C(=O)NC3CC3)nnc2-c2ccccc2)cc1C. The quantitative estimate of drug-likeness (QED) is 0.328. The molecule has 1 aromatic heterocycles. The molecule has 1 fully saturated rings. The minimum atomic E-state index is -0.220. The first-order chi connectivity index (χ1) is 17.5. The van der Waals surface area contributed by atoms with E-state index in [2.05, 4.69) is 46.8 Å². The van der Waals surface area contributed by atoms with E-state index in [4.69, 9.17) is 0 Å². The van der Waals surface area contributed by atoms with Crippen LogP contribution in [0.1, 0.15) is 34.3 Å². The van der Waals surface area contributed by atoms with Crippen LogP contribution in [0.15, 0.2) is 78.0 Å². The molecule has 0 radical (unpaired) electrons. The fourth-order valence-corrected chi connectivity index (χ4v) is 4.58. The first-order valence-electron chi connectivity index (χ1n) is 11.9. The molecule has 5 rings (SSSR count). The van der Waals surface area contributed by atoms with Crippen molar-refractivity contribution in [1.82, 2.24) is 20.1 Å². The highest BCUT2D eigenvalue weighted by molar-refractivity contribution is 7.99. The predicted molar refractivity (Wildman–Crippen MR) is 143 cm³/mol. The monoisotopic (exact) mass is 497 g/mol. The lowest BCUT2D eigenvalue weighted by atomic mass is 10.1. The Morgan fingerprint density at radius 1 is 0.944 bits per heavy atom. The fourth-order valence-electron chi connectivity index (χ4n) is 3.83. The van der Waals surface area contributed by atoms with Gasteiger partial charge < -0.3 is 10.6 Å². The number of aromatic nitrogens is 3. The molecule has 36 heavy (non-hydrogen) atoms. The highest BCUT2D eigenvalue weighted by Gasteiger charge is 2.25. The van der Waals surface area contributed by atoms with E-state index >= 15 is 0 Å². The molecule has 3 aromatic carbocycles. The molecule has 8 heteroatoms. The Kier molecular flexibility index (Phi) is 6.86. The summed E-state index contributed by atoms with van der Waals surface area (Å²) >= 11 is 1.31. The number of hydrogen-bond donors (Lipinski definition) is 2. The van der Waals surface area contributed by atoms with Crippen LogP contribution in [0.3, 0.4) is 0 Å². The molecule has 0 unspecified atom stereocenters. The zero-order valence-electron chi connectivity index (χ0n) is 20.2. The number of carbonyl (C=O) groups excluding carboxylic acids is 2. The van der Waals surface area contributed by atoms with E-state index < -0.39 is 0 Å². The average Bonchev–Trinajstić information content (AvgIpc) is 3.60. The number of rotatable bonds is 8. The molecule has 1 aliphatic carbocycles. The largest absolute Gasteiger partial charge is 0.349 e. The molecule has 1 saturated carbocycles. The van der Waals surface area contributed by atoms with Crippen LogP contribution >= 0.6 is 11.8 Å². The van der Waals surface area contributed by atoms with Crippen LogP contribution in [0.5, 0.6) is 0 Å². The van der Waals surface area contributed by atoms with Crippen LogP contribution < -0.4 is 10.6 Å². The maximum absolute atomic E-state index is 12.9. The van der Waals surface area contributed by atoms with Gasteiger partial charge >= 0.3 is 0 Å². The third-order valence-corrected chi connectivity index (χ3v) is 7.03. The number of para-hydroxylation sites is 1. The van der Waals surface area contributed by atoms with Gasteiger partial charge in [0.15, 0.2) is 11.0 Å². The molecule has 0 saturated heterocycles. The van der Waals surface area contributed by atoms with Crippen molar-refractivity contribution in [2.24, 2.45) is 0 Å². The zero-order valence-corrected chi connectivity index (χ0v) is 21.0. The van der Waals surface area contributed by atoms with E-state index in [1.807, 2.05) is 41.0 Å². The molecule has 0 aliphatic heterocycles. The fraction of sp³-hybridized carbons (Fsp3) is 0.214. The first kappa shape index (κ1) is 23.8. The number of anilines is 1. The van der Waals surface area contributed by atoms with Gasteiger partial charge in [-0.05, 0) is 62.1 Å². The van der Waals surface area contributed by atoms with Gasteiger partial charge in [0.25, 0.3) is 5.91 Å². The number of nitrogens with zero attached hydrogens (tertiary/aromatic N) is 3. The number of thioether (sulfide) groups is 1. The van der Waals surface area contributed by atoms with Crippen LogP contribution in [-0.4, -0.2) is 38.4 Å². The summed E-state index contributed by atoms with van der Waals surface area (Å²) in [6.45, 7) is 4.15. The Labute approximate surface area is 214 Å². The van der Waals surface area contributed by atoms with Crippen molar-refractivity contribution in [2.45, 2.75) is 37.9 Å². The summed E-state index contributed by atoms with van der Waals surface area (Å²) in [6.07, 6.45) is 2.01. The van der Waals surface area contributed by atoms with Gasteiger partial charge in [-0.3, -0.25) is 14.2 Å². The molecule has 0 atom stereocenters. The minimum absolute atomic E-state index is 0.121. The number of aryl methyl sites for hydroxylation is 2. The van der Waals surface area contributed by atoms with Crippen molar-refractivity contribution in [2.75, 3.05) is 11.1 Å². The average molecular weight is 498 g/mol. The summed E-state index contributed by atoms with van der Waals surface area (Å²) in [5.41, 5.74) is 5.21. The van der Waals surface area contributed by atoms with Crippen LogP contribution in [0.25, 0.3) is 17.1 Å². The molecular weight excluding hydrogens is 470 g/mol. The van der Waals surface area contributed by atoms with Gasteiger partial charge in [0.2, 0.25) is 5.91 Å². The molecule has 182 valence electrons. The van der Waals surface area contributed by atoms with E-state index in [0.29, 0.717) is 22.2 Å². The van der Waals surface area contributed by atoms with Gasteiger partial charge in [-0.1, -0.05) is 60.3 Å². The maximum Gasteiger partial charge on any atom is 0.253 e.